The second-order valence-electron chi connectivity index (χ2n) is 8.28. The maximum Gasteiger partial charge on any atom is 0.321 e. The summed E-state index contributed by atoms with van der Waals surface area (Å²) in [6.45, 7) is 8.62. The van der Waals surface area contributed by atoms with Crippen molar-refractivity contribution in [2.75, 3.05) is 51.3 Å². The van der Waals surface area contributed by atoms with Crippen LogP contribution in [0.1, 0.15) is 13.8 Å². The molecule has 0 saturated carbocycles. The molecule has 3 heterocycles. The first-order chi connectivity index (χ1) is 13.5. The Kier molecular flexibility index (Phi) is 5.16. The fourth-order valence-electron chi connectivity index (χ4n) is 4.50. The first kappa shape index (κ1) is 19.0. The molecule has 3 saturated heterocycles. The predicted octanol–water partition coefficient (Wildman–Crippen LogP) is 1.41. The van der Waals surface area contributed by atoms with E-state index in [-0.39, 0.29) is 29.7 Å². The average molecular weight is 387 g/mol. The Morgan fingerprint density at radius 2 is 1.82 bits per heavy atom. The number of piperazine rings is 1. The van der Waals surface area contributed by atoms with Gasteiger partial charge in [-0.15, -0.1) is 0 Å². The molecule has 4 amide bonds. The molecular formula is C20H29N5O3. The molecule has 1 spiro atoms. The standard InChI is InChI=1S/C20H29N5O3/c1-15(2)21-18(26)24-13-20(14-24)12-23(10-17-11-28-9-8-25(17)20)19(27)22-16-6-4-3-5-7-16/h3-7,15,17H,8-14H2,1-2H3,(H,21,26)(H,22,27). The molecule has 0 aliphatic carbocycles. The van der Waals surface area contributed by atoms with Crippen LogP contribution in [-0.4, -0.2) is 90.3 Å². The first-order valence-electron chi connectivity index (χ1n) is 9.98. The largest absolute Gasteiger partial charge is 0.378 e. The molecule has 0 aromatic heterocycles. The number of urea groups is 2. The maximum absolute atomic E-state index is 12.9. The summed E-state index contributed by atoms with van der Waals surface area (Å²) in [5.41, 5.74) is 0.602. The van der Waals surface area contributed by atoms with Crippen LogP contribution in [0.4, 0.5) is 15.3 Å². The Labute approximate surface area is 165 Å². The number of morpholine rings is 1. The van der Waals surface area contributed by atoms with Crippen molar-refractivity contribution in [3.63, 3.8) is 0 Å². The van der Waals surface area contributed by atoms with Crippen molar-refractivity contribution >= 4 is 17.7 Å². The number of fused-ring (bicyclic) bond motifs is 2. The summed E-state index contributed by atoms with van der Waals surface area (Å²) in [5, 5.41) is 5.94. The Hall–Kier alpha value is -2.32. The number of benzene rings is 1. The van der Waals surface area contributed by atoms with Crippen LogP contribution < -0.4 is 10.6 Å². The zero-order valence-electron chi connectivity index (χ0n) is 16.6. The van der Waals surface area contributed by atoms with Crippen molar-refractivity contribution in [2.24, 2.45) is 0 Å². The summed E-state index contributed by atoms with van der Waals surface area (Å²) in [6, 6.07) is 9.65. The zero-order chi connectivity index (χ0) is 19.7. The molecule has 3 aliphatic heterocycles. The minimum Gasteiger partial charge on any atom is -0.378 e. The first-order valence-corrected chi connectivity index (χ1v) is 9.98. The van der Waals surface area contributed by atoms with Crippen LogP contribution in [-0.2, 0) is 4.74 Å². The van der Waals surface area contributed by atoms with E-state index in [2.05, 4.69) is 15.5 Å². The van der Waals surface area contributed by atoms with Gasteiger partial charge in [-0.05, 0) is 26.0 Å². The number of para-hydroxylation sites is 1. The second-order valence-corrected chi connectivity index (χ2v) is 8.28. The third kappa shape index (κ3) is 3.66. The third-order valence-corrected chi connectivity index (χ3v) is 5.74. The van der Waals surface area contributed by atoms with Gasteiger partial charge < -0.3 is 25.2 Å². The van der Waals surface area contributed by atoms with Crippen molar-refractivity contribution in [1.82, 2.24) is 20.0 Å². The smallest absolute Gasteiger partial charge is 0.321 e. The second kappa shape index (κ2) is 7.60. The number of carbonyl (C=O) groups excluding carboxylic acids is 2. The fraction of sp³-hybridized carbons (Fsp3) is 0.600. The highest BCUT2D eigenvalue weighted by Gasteiger charge is 2.56. The zero-order valence-corrected chi connectivity index (χ0v) is 16.6. The summed E-state index contributed by atoms with van der Waals surface area (Å²) >= 11 is 0. The quantitative estimate of drug-likeness (QED) is 0.804. The lowest BCUT2D eigenvalue weighted by molar-refractivity contribution is -0.146. The van der Waals surface area contributed by atoms with E-state index in [4.69, 9.17) is 4.74 Å². The lowest BCUT2D eigenvalue weighted by atomic mass is 9.83. The Balaban J connectivity index is 1.46. The highest BCUT2D eigenvalue weighted by atomic mass is 16.5. The monoisotopic (exact) mass is 387 g/mol. The van der Waals surface area contributed by atoms with Crippen molar-refractivity contribution in [2.45, 2.75) is 31.5 Å². The van der Waals surface area contributed by atoms with Gasteiger partial charge in [0.2, 0.25) is 0 Å². The molecule has 8 nitrogen and oxygen atoms in total. The van der Waals surface area contributed by atoms with Crippen molar-refractivity contribution in [3.05, 3.63) is 30.3 Å². The average Bonchev–Trinajstić information content (AvgIpc) is 2.65. The minimum atomic E-state index is -0.185. The normalized spacial score (nSPS) is 23.9. The highest BCUT2D eigenvalue weighted by molar-refractivity contribution is 5.89. The van der Waals surface area contributed by atoms with Crippen molar-refractivity contribution in [3.8, 4) is 0 Å². The number of nitrogens with zero attached hydrogens (tertiary/aromatic N) is 3. The molecular weight excluding hydrogens is 358 g/mol. The number of hydrogen-bond acceptors (Lipinski definition) is 4. The van der Waals surface area contributed by atoms with Crippen LogP contribution >= 0.6 is 0 Å². The van der Waals surface area contributed by atoms with E-state index >= 15 is 0 Å². The molecule has 8 heteroatoms. The predicted molar refractivity (Wildman–Crippen MR) is 106 cm³/mol. The molecule has 3 aliphatic rings. The molecule has 152 valence electrons. The van der Waals surface area contributed by atoms with Gasteiger partial charge in [-0.25, -0.2) is 9.59 Å². The van der Waals surface area contributed by atoms with Gasteiger partial charge in [0.25, 0.3) is 0 Å². The van der Waals surface area contributed by atoms with Gasteiger partial charge in [0.05, 0.1) is 24.8 Å². The van der Waals surface area contributed by atoms with E-state index in [0.717, 1.165) is 12.2 Å². The van der Waals surface area contributed by atoms with Gasteiger partial charge in [0.1, 0.15) is 0 Å². The third-order valence-electron chi connectivity index (χ3n) is 5.74. The molecule has 1 atom stereocenters. The topological polar surface area (TPSA) is 77.2 Å². The summed E-state index contributed by atoms with van der Waals surface area (Å²) in [4.78, 5) is 31.4. The molecule has 28 heavy (non-hydrogen) atoms. The Morgan fingerprint density at radius 1 is 1.11 bits per heavy atom. The molecule has 4 rings (SSSR count). The molecule has 3 fully saturated rings. The van der Waals surface area contributed by atoms with E-state index in [1.807, 2.05) is 54.0 Å². The van der Waals surface area contributed by atoms with E-state index < -0.39 is 0 Å². The van der Waals surface area contributed by atoms with E-state index in [0.29, 0.717) is 39.4 Å². The van der Waals surface area contributed by atoms with Crippen LogP contribution in [0.5, 0.6) is 0 Å². The number of hydrogen-bond donors (Lipinski definition) is 2. The van der Waals surface area contributed by atoms with Gasteiger partial charge in [-0.1, -0.05) is 18.2 Å². The van der Waals surface area contributed by atoms with Gasteiger partial charge in [-0.2, -0.15) is 0 Å². The van der Waals surface area contributed by atoms with Crippen LogP contribution in [0.3, 0.4) is 0 Å². The molecule has 1 aromatic carbocycles. The van der Waals surface area contributed by atoms with Crippen LogP contribution in [0, 0.1) is 0 Å². The number of rotatable bonds is 2. The summed E-state index contributed by atoms with van der Waals surface area (Å²) in [5.74, 6) is 0. The number of nitrogens with one attached hydrogen (secondary N) is 2. The maximum atomic E-state index is 12.9. The number of carbonyl (C=O) groups is 2. The van der Waals surface area contributed by atoms with E-state index in [1.165, 1.54) is 0 Å². The Morgan fingerprint density at radius 3 is 2.54 bits per heavy atom. The fourth-order valence-corrected chi connectivity index (χ4v) is 4.50. The van der Waals surface area contributed by atoms with Crippen molar-refractivity contribution in [1.29, 1.82) is 0 Å². The number of anilines is 1. The van der Waals surface area contributed by atoms with Crippen LogP contribution in [0.2, 0.25) is 0 Å². The molecule has 0 radical (unpaired) electrons. The van der Waals surface area contributed by atoms with Gasteiger partial charge in [-0.3, -0.25) is 4.90 Å². The molecule has 2 N–H and O–H groups in total. The van der Waals surface area contributed by atoms with Gasteiger partial charge in [0, 0.05) is 44.5 Å². The summed E-state index contributed by atoms with van der Waals surface area (Å²) in [6.07, 6.45) is 0. The molecule has 0 bridgehead atoms. The van der Waals surface area contributed by atoms with Crippen LogP contribution in [0.25, 0.3) is 0 Å². The number of likely N-dealkylation sites (tertiary alicyclic amines) is 1. The summed E-state index contributed by atoms with van der Waals surface area (Å²) in [7, 11) is 0. The minimum absolute atomic E-state index is 0.0312. The summed E-state index contributed by atoms with van der Waals surface area (Å²) < 4.78 is 5.68. The Bertz CT molecular complexity index is 720. The molecule has 1 unspecified atom stereocenters. The van der Waals surface area contributed by atoms with E-state index in [9.17, 15) is 9.59 Å². The van der Waals surface area contributed by atoms with Gasteiger partial charge in [0.15, 0.2) is 0 Å². The lowest BCUT2D eigenvalue weighted by Gasteiger charge is -2.63. The van der Waals surface area contributed by atoms with Gasteiger partial charge >= 0.3 is 12.1 Å². The highest BCUT2D eigenvalue weighted by Crippen LogP contribution is 2.36. The number of ether oxygens (including phenoxy) is 1. The van der Waals surface area contributed by atoms with E-state index in [1.54, 1.807) is 0 Å². The SMILES string of the molecule is CC(C)NC(=O)N1CC2(CN(C(=O)Nc3ccccc3)CC3COCCN32)C1. The van der Waals surface area contributed by atoms with Crippen molar-refractivity contribution < 1.29 is 14.3 Å². The lowest BCUT2D eigenvalue weighted by Crippen LogP contribution is -2.82. The van der Waals surface area contributed by atoms with Crippen LogP contribution in [0.15, 0.2) is 30.3 Å². The molecule has 1 aromatic rings. The number of amides is 4.